The van der Waals surface area contributed by atoms with E-state index in [1.807, 2.05) is 6.07 Å². The molecule has 0 N–H and O–H groups in total. The van der Waals surface area contributed by atoms with Crippen molar-refractivity contribution in [3.05, 3.63) is 34.1 Å². The molecule has 1 aromatic heterocycles. The molecule has 23 heavy (non-hydrogen) atoms. The summed E-state index contributed by atoms with van der Waals surface area (Å²) in [5.41, 5.74) is 0.664. The first kappa shape index (κ1) is 16.7. The molecule has 2 aromatic rings. The van der Waals surface area contributed by atoms with E-state index in [0.29, 0.717) is 24.5 Å². The lowest BCUT2D eigenvalue weighted by atomic mass is 10.2. The second-order valence-corrected chi connectivity index (χ2v) is 7.01. The zero-order valence-corrected chi connectivity index (χ0v) is 15.2. The van der Waals surface area contributed by atoms with Crippen molar-refractivity contribution in [2.45, 2.75) is 24.4 Å². The molecular formula is C15H18BrFN4OS. The fraction of sp³-hybridized carbons (Fsp3) is 0.467. The largest absolute Gasteiger partial charge is 0.378 e. The topological polar surface area (TPSA) is 43.2 Å². The molecular weight excluding hydrogens is 383 g/mol. The van der Waals surface area contributed by atoms with Gasteiger partial charge in [-0.1, -0.05) is 33.8 Å². The number of benzene rings is 1. The Hall–Kier alpha value is -1.12. The van der Waals surface area contributed by atoms with E-state index >= 15 is 0 Å². The Kier molecular flexibility index (Phi) is 5.55. The van der Waals surface area contributed by atoms with Crippen LogP contribution in [-0.4, -0.2) is 41.1 Å². The predicted octanol–water partition coefficient (Wildman–Crippen LogP) is 3.33. The normalized spacial score (nSPS) is 15.2. The number of morpholine rings is 1. The molecule has 0 saturated carbocycles. The van der Waals surface area contributed by atoms with E-state index < -0.39 is 0 Å². The molecule has 2 heterocycles. The van der Waals surface area contributed by atoms with Crippen LogP contribution in [0.25, 0.3) is 0 Å². The van der Waals surface area contributed by atoms with E-state index in [0.717, 1.165) is 35.2 Å². The number of ether oxygens (including phenoxy) is 1. The van der Waals surface area contributed by atoms with Crippen molar-refractivity contribution in [2.24, 2.45) is 0 Å². The first-order valence-electron chi connectivity index (χ1n) is 7.51. The number of hydrogen-bond acceptors (Lipinski definition) is 5. The summed E-state index contributed by atoms with van der Waals surface area (Å²) in [7, 11) is 0. The van der Waals surface area contributed by atoms with Crippen molar-refractivity contribution in [1.29, 1.82) is 0 Å². The SMILES string of the molecule is CCn1c(SCc2ccc(Br)cc2F)nnc1N1CCOCC1. The predicted molar refractivity (Wildman–Crippen MR) is 92.4 cm³/mol. The Bertz CT molecular complexity index is 675. The van der Waals surface area contributed by atoms with Crippen LogP contribution in [0.4, 0.5) is 10.3 Å². The highest BCUT2D eigenvalue weighted by molar-refractivity contribution is 9.10. The van der Waals surface area contributed by atoms with Gasteiger partial charge in [0.2, 0.25) is 5.95 Å². The summed E-state index contributed by atoms with van der Waals surface area (Å²) < 4.78 is 22.1. The second-order valence-electron chi connectivity index (χ2n) is 5.15. The third-order valence-electron chi connectivity index (χ3n) is 3.68. The zero-order valence-electron chi connectivity index (χ0n) is 12.8. The molecule has 5 nitrogen and oxygen atoms in total. The summed E-state index contributed by atoms with van der Waals surface area (Å²) in [5, 5.41) is 9.42. The van der Waals surface area contributed by atoms with E-state index in [4.69, 9.17) is 4.74 Å². The average molecular weight is 401 g/mol. The number of anilines is 1. The van der Waals surface area contributed by atoms with Crippen LogP contribution in [-0.2, 0) is 17.0 Å². The number of rotatable bonds is 5. The lowest BCUT2D eigenvalue weighted by Crippen LogP contribution is -2.38. The van der Waals surface area contributed by atoms with Crippen molar-refractivity contribution in [3.8, 4) is 0 Å². The van der Waals surface area contributed by atoms with Crippen LogP contribution in [0.3, 0.4) is 0 Å². The molecule has 0 unspecified atom stereocenters. The van der Waals surface area contributed by atoms with E-state index in [2.05, 4.69) is 42.5 Å². The van der Waals surface area contributed by atoms with Gasteiger partial charge in [0.15, 0.2) is 5.16 Å². The minimum Gasteiger partial charge on any atom is -0.378 e. The first-order valence-corrected chi connectivity index (χ1v) is 9.29. The average Bonchev–Trinajstić information content (AvgIpc) is 2.98. The fourth-order valence-electron chi connectivity index (χ4n) is 2.44. The van der Waals surface area contributed by atoms with Gasteiger partial charge in [-0.25, -0.2) is 4.39 Å². The van der Waals surface area contributed by atoms with Gasteiger partial charge in [0.25, 0.3) is 0 Å². The number of hydrogen-bond donors (Lipinski definition) is 0. The standard InChI is InChI=1S/C15H18BrFN4OS/c1-2-21-14(20-5-7-22-8-6-20)18-19-15(21)23-10-11-3-4-12(16)9-13(11)17/h3-4,9H,2,5-8,10H2,1H3. The van der Waals surface area contributed by atoms with Gasteiger partial charge in [0, 0.05) is 29.9 Å². The minimum atomic E-state index is -0.206. The molecule has 124 valence electrons. The molecule has 0 amide bonds. The van der Waals surface area contributed by atoms with Crippen molar-refractivity contribution < 1.29 is 9.13 Å². The van der Waals surface area contributed by atoms with E-state index in [1.165, 1.54) is 17.8 Å². The smallest absolute Gasteiger partial charge is 0.228 e. The highest BCUT2D eigenvalue weighted by Gasteiger charge is 2.20. The number of halogens is 2. The number of nitrogens with zero attached hydrogens (tertiary/aromatic N) is 4. The summed E-state index contributed by atoms with van der Waals surface area (Å²) in [4.78, 5) is 2.18. The van der Waals surface area contributed by atoms with Gasteiger partial charge in [-0.15, -0.1) is 10.2 Å². The van der Waals surface area contributed by atoms with Crippen molar-refractivity contribution in [1.82, 2.24) is 14.8 Å². The monoisotopic (exact) mass is 400 g/mol. The van der Waals surface area contributed by atoms with Crippen LogP contribution in [0.5, 0.6) is 0 Å². The summed E-state index contributed by atoms with van der Waals surface area (Å²) in [6, 6.07) is 5.13. The zero-order chi connectivity index (χ0) is 16.2. The second kappa shape index (κ2) is 7.63. The Labute approximate surface area is 147 Å². The van der Waals surface area contributed by atoms with Gasteiger partial charge in [-0.3, -0.25) is 4.57 Å². The highest BCUT2D eigenvalue weighted by atomic mass is 79.9. The van der Waals surface area contributed by atoms with Gasteiger partial charge in [0.05, 0.1) is 13.2 Å². The van der Waals surface area contributed by atoms with Crippen molar-refractivity contribution >= 4 is 33.6 Å². The molecule has 0 radical (unpaired) electrons. The molecule has 3 rings (SSSR count). The number of aromatic nitrogens is 3. The van der Waals surface area contributed by atoms with Crippen LogP contribution >= 0.6 is 27.7 Å². The van der Waals surface area contributed by atoms with Gasteiger partial charge < -0.3 is 9.64 Å². The molecule has 1 aliphatic rings. The first-order chi connectivity index (χ1) is 11.2. The van der Waals surface area contributed by atoms with Gasteiger partial charge in [-0.05, 0) is 24.6 Å². The molecule has 0 aliphatic carbocycles. The maximum atomic E-state index is 13.9. The van der Waals surface area contributed by atoms with Gasteiger partial charge >= 0.3 is 0 Å². The molecule has 0 bridgehead atoms. The molecule has 8 heteroatoms. The Balaban J connectivity index is 1.73. The Morgan fingerprint density at radius 3 is 2.78 bits per heavy atom. The number of thioether (sulfide) groups is 1. The van der Waals surface area contributed by atoms with Crippen LogP contribution in [0, 0.1) is 5.82 Å². The van der Waals surface area contributed by atoms with Crippen molar-refractivity contribution in [2.75, 3.05) is 31.2 Å². The van der Waals surface area contributed by atoms with Gasteiger partial charge in [0.1, 0.15) is 5.82 Å². The van der Waals surface area contributed by atoms with E-state index in [1.54, 1.807) is 6.07 Å². The minimum absolute atomic E-state index is 0.206. The molecule has 1 saturated heterocycles. The third-order valence-corrected chi connectivity index (χ3v) is 5.19. The molecule has 0 atom stereocenters. The Morgan fingerprint density at radius 2 is 2.09 bits per heavy atom. The molecule has 1 aliphatic heterocycles. The third kappa shape index (κ3) is 3.87. The quantitative estimate of drug-likeness (QED) is 0.720. The highest BCUT2D eigenvalue weighted by Crippen LogP contribution is 2.27. The van der Waals surface area contributed by atoms with Crippen LogP contribution in [0.2, 0.25) is 0 Å². The van der Waals surface area contributed by atoms with E-state index in [-0.39, 0.29) is 5.82 Å². The summed E-state index contributed by atoms with van der Waals surface area (Å²) in [6.45, 7) is 5.92. The lowest BCUT2D eigenvalue weighted by molar-refractivity contribution is 0.121. The molecule has 0 spiro atoms. The molecule has 1 fully saturated rings. The summed E-state index contributed by atoms with van der Waals surface area (Å²) in [5.74, 6) is 1.19. The maximum absolute atomic E-state index is 13.9. The lowest BCUT2D eigenvalue weighted by Gasteiger charge is -2.27. The van der Waals surface area contributed by atoms with Gasteiger partial charge in [-0.2, -0.15) is 0 Å². The van der Waals surface area contributed by atoms with Crippen LogP contribution in [0.1, 0.15) is 12.5 Å². The molecule has 1 aromatic carbocycles. The van der Waals surface area contributed by atoms with Crippen molar-refractivity contribution in [3.63, 3.8) is 0 Å². The summed E-state index contributed by atoms with van der Waals surface area (Å²) >= 11 is 4.78. The van der Waals surface area contributed by atoms with Crippen LogP contribution < -0.4 is 4.90 Å². The van der Waals surface area contributed by atoms with Crippen LogP contribution in [0.15, 0.2) is 27.8 Å². The maximum Gasteiger partial charge on any atom is 0.228 e. The van der Waals surface area contributed by atoms with E-state index in [9.17, 15) is 4.39 Å². The Morgan fingerprint density at radius 1 is 1.30 bits per heavy atom. The fourth-order valence-corrected chi connectivity index (χ4v) is 3.76. The summed E-state index contributed by atoms with van der Waals surface area (Å²) in [6.07, 6.45) is 0.